The van der Waals surface area contributed by atoms with Crippen molar-refractivity contribution in [1.29, 1.82) is 0 Å². The number of alkyl halides is 3. The third-order valence-corrected chi connectivity index (χ3v) is 9.75. The van der Waals surface area contributed by atoms with Crippen LogP contribution in [0.3, 0.4) is 0 Å². The Balaban J connectivity index is 1.86. The van der Waals surface area contributed by atoms with E-state index in [1.165, 1.54) is 17.4 Å². The summed E-state index contributed by atoms with van der Waals surface area (Å²) >= 11 is 1.46. The number of hydrogen-bond acceptors (Lipinski definition) is 7. The van der Waals surface area contributed by atoms with E-state index in [4.69, 9.17) is 23.7 Å². The molecule has 4 rings (SSSR count). The average molecular weight is 695 g/mol. The molecule has 6 nitrogen and oxygen atoms in total. The lowest BCUT2D eigenvalue weighted by atomic mass is 9.86. The second-order valence-corrected chi connectivity index (χ2v) is 13.8. The maximum Gasteiger partial charge on any atom is 0.416 e. The lowest BCUT2D eigenvalue weighted by molar-refractivity contribution is -0.348. The molecule has 0 spiro atoms. The van der Waals surface area contributed by atoms with Gasteiger partial charge in [0.15, 0.2) is 0 Å². The molecule has 3 aromatic rings. The van der Waals surface area contributed by atoms with Crippen LogP contribution in [0, 0.1) is 0 Å². The summed E-state index contributed by atoms with van der Waals surface area (Å²) in [7, 11) is 0. The van der Waals surface area contributed by atoms with Crippen LogP contribution in [0.25, 0.3) is 10.1 Å². The topological polar surface area (TPSA) is 66.4 Å². The Morgan fingerprint density at radius 3 is 2.23 bits per heavy atom. The highest BCUT2D eigenvalue weighted by Gasteiger charge is 2.54. The standard InChI is InChI=1S/C38H53F3O6S/c1-5-9-17-43-26-29-24-34(45-19-11-7-3)36(46-20-12-8-4)37(42,47-29)32-23-28(22-30-21-27-15-13-14-16-35(27)48-30)31(38(39,40)41)25-33(32)44-18-10-6-2/h13-16,21,23,25,29,34,36,42H,5-12,17-20,22,24,26H2,1-4H3/t29-,34-,36+,37-/m0/s1. The van der Waals surface area contributed by atoms with Crippen molar-refractivity contribution in [2.75, 3.05) is 33.0 Å². The van der Waals surface area contributed by atoms with Crippen LogP contribution in [0.5, 0.6) is 5.75 Å². The fourth-order valence-electron chi connectivity index (χ4n) is 5.97. The van der Waals surface area contributed by atoms with E-state index < -0.39 is 35.8 Å². The maximum absolute atomic E-state index is 14.8. The zero-order valence-electron chi connectivity index (χ0n) is 28.9. The molecule has 1 aliphatic heterocycles. The van der Waals surface area contributed by atoms with E-state index in [0.29, 0.717) is 32.7 Å². The van der Waals surface area contributed by atoms with Crippen molar-refractivity contribution in [3.8, 4) is 5.75 Å². The van der Waals surface area contributed by atoms with Crippen LogP contribution >= 0.6 is 11.3 Å². The number of thiophene rings is 1. The molecule has 0 radical (unpaired) electrons. The molecule has 268 valence electrons. The molecule has 1 saturated heterocycles. The summed E-state index contributed by atoms with van der Waals surface area (Å²) in [5.41, 5.74) is -0.652. The first-order valence-corrected chi connectivity index (χ1v) is 18.5. The zero-order chi connectivity index (χ0) is 34.6. The number of benzene rings is 2. The fraction of sp³-hybridized carbons (Fsp3) is 0.632. The first kappa shape index (κ1) is 38.6. The average Bonchev–Trinajstić information content (AvgIpc) is 3.47. The van der Waals surface area contributed by atoms with Crippen molar-refractivity contribution >= 4 is 21.4 Å². The molecular formula is C38H53F3O6S. The van der Waals surface area contributed by atoms with Gasteiger partial charge >= 0.3 is 6.18 Å². The number of halogens is 3. The molecule has 1 aliphatic rings. The monoisotopic (exact) mass is 694 g/mol. The SMILES string of the molecule is CCCCOC[C@@H]1C[C@H](OCCCC)[C@@H](OCCCC)[C@](O)(c2cc(Cc3cc4ccccc4s3)c(C(F)(F)F)cc2OCCCC)O1. The van der Waals surface area contributed by atoms with Crippen LogP contribution in [0.15, 0.2) is 42.5 Å². The molecule has 0 bridgehead atoms. The van der Waals surface area contributed by atoms with Crippen molar-refractivity contribution in [3.63, 3.8) is 0 Å². The number of fused-ring (bicyclic) bond motifs is 1. The summed E-state index contributed by atoms with van der Waals surface area (Å²) in [5.74, 6) is -2.23. The Morgan fingerprint density at radius 1 is 0.875 bits per heavy atom. The highest BCUT2D eigenvalue weighted by atomic mass is 32.1. The van der Waals surface area contributed by atoms with Crippen LogP contribution in [-0.4, -0.2) is 56.5 Å². The van der Waals surface area contributed by atoms with E-state index in [1.54, 1.807) is 0 Å². The van der Waals surface area contributed by atoms with Crippen LogP contribution < -0.4 is 4.74 Å². The molecule has 1 aromatic heterocycles. The van der Waals surface area contributed by atoms with E-state index in [1.807, 2.05) is 44.2 Å². The van der Waals surface area contributed by atoms with Crippen molar-refractivity contribution in [1.82, 2.24) is 0 Å². The Kier molecular flexibility index (Phi) is 15.0. The molecule has 1 N–H and O–H groups in total. The Morgan fingerprint density at radius 2 is 1.54 bits per heavy atom. The molecule has 1 fully saturated rings. The zero-order valence-corrected chi connectivity index (χ0v) is 29.7. The van der Waals surface area contributed by atoms with Gasteiger partial charge in [-0.2, -0.15) is 13.2 Å². The predicted octanol–water partition coefficient (Wildman–Crippen LogP) is 9.81. The minimum Gasteiger partial charge on any atom is -0.493 e. The third-order valence-electron chi connectivity index (χ3n) is 8.63. The Labute approximate surface area is 287 Å². The molecule has 0 amide bonds. The molecule has 10 heteroatoms. The molecule has 4 atom stereocenters. The van der Waals surface area contributed by atoms with Crippen molar-refractivity contribution in [2.45, 2.75) is 122 Å². The summed E-state index contributed by atoms with van der Waals surface area (Å²) < 4.78 is 76.6. The van der Waals surface area contributed by atoms with Crippen molar-refractivity contribution < 1.29 is 42.0 Å². The van der Waals surface area contributed by atoms with Gasteiger partial charge in [-0.3, -0.25) is 0 Å². The van der Waals surface area contributed by atoms with Gasteiger partial charge in [-0.15, -0.1) is 11.3 Å². The fourth-order valence-corrected chi connectivity index (χ4v) is 7.05. The van der Waals surface area contributed by atoms with Crippen molar-refractivity contribution in [2.24, 2.45) is 0 Å². The maximum atomic E-state index is 14.8. The number of hydrogen-bond donors (Lipinski definition) is 1. The number of ether oxygens (including phenoxy) is 5. The number of aliphatic hydroxyl groups is 1. The Bertz CT molecular complexity index is 1360. The molecule has 0 saturated carbocycles. The van der Waals surface area contributed by atoms with Gasteiger partial charge < -0.3 is 28.8 Å². The minimum atomic E-state index is -4.65. The lowest BCUT2D eigenvalue weighted by Crippen LogP contribution is -2.59. The summed E-state index contributed by atoms with van der Waals surface area (Å²) in [6.07, 6.45) is 0.244. The molecule has 2 heterocycles. The van der Waals surface area contributed by atoms with E-state index in [2.05, 4.69) is 13.8 Å². The highest BCUT2D eigenvalue weighted by Crippen LogP contribution is 2.47. The normalized spacial score (nSPS) is 21.6. The van der Waals surface area contributed by atoms with E-state index in [9.17, 15) is 18.3 Å². The number of rotatable bonds is 20. The summed E-state index contributed by atoms with van der Waals surface area (Å²) in [6, 6.07) is 12.1. The lowest BCUT2D eigenvalue weighted by Gasteiger charge is -2.47. The molecule has 2 aromatic carbocycles. The van der Waals surface area contributed by atoms with E-state index in [-0.39, 0.29) is 36.5 Å². The van der Waals surface area contributed by atoms with E-state index >= 15 is 0 Å². The highest BCUT2D eigenvalue weighted by molar-refractivity contribution is 7.19. The van der Waals surface area contributed by atoms with Gasteiger partial charge in [0.2, 0.25) is 5.79 Å². The molecule has 0 unspecified atom stereocenters. The third kappa shape index (κ3) is 10.2. The quantitative estimate of drug-likeness (QED) is 0.119. The molecule has 0 aliphatic carbocycles. The summed E-state index contributed by atoms with van der Waals surface area (Å²) in [5, 5.41) is 13.8. The molecule has 48 heavy (non-hydrogen) atoms. The summed E-state index contributed by atoms with van der Waals surface area (Å²) in [4.78, 5) is 0.780. The minimum absolute atomic E-state index is 0.0217. The summed E-state index contributed by atoms with van der Waals surface area (Å²) in [6.45, 7) is 9.90. The largest absolute Gasteiger partial charge is 0.493 e. The van der Waals surface area contributed by atoms with E-state index in [0.717, 1.165) is 66.0 Å². The van der Waals surface area contributed by atoms with Crippen LogP contribution in [0.4, 0.5) is 13.2 Å². The van der Waals surface area contributed by atoms with Gasteiger partial charge in [0.1, 0.15) is 11.9 Å². The second kappa shape index (κ2) is 18.7. The van der Waals surface area contributed by atoms with Gasteiger partial charge in [-0.25, -0.2) is 0 Å². The molecular weight excluding hydrogens is 641 g/mol. The van der Waals surface area contributed by atoms with Gasteiger partial charge in [0.25, 0.3) is 0 Å². The van der Waals surface area contributed by atoms with Gasteiger partial charge in [0, 0.05) is 42.2 Å². The smallest absolute Gasteiger partial charge is 0.416 e. The van der Waals surface area contributed by atoms with Gasteiger partial charge in [0.05, 0.1) is 36.5 Å². The Hall–Kier alpha value is -2.21. The van der Waals surface area contributed by atoms with Crippen LogP contribution in [0.2, 0.25) is 0 Å². The van der Waals surface area contributed by atoms with Gasteiger partial charge in [-0.05, 0) is 60.9 Å². The predicted molar refractivity (Wildman–Crippen MR) is 185 cm³/mol. The van der Waals surface area contributed by atoms with Crippen molar-refractivity contribution in [3.05, 3.63) is 64.0 Å². The van der Waals surface area contributed by atoms with Crippen LogP contribution in [0.1, 0.15) is 107 Å². The first-order valence-electron chi connectivity index (χ1n) is 17.7. The first-order chi connectivity index (χ1) is 23.1. The number of unbranched alkanes of at least 4 members (excludes halogenated alkanes) is 4. The van der Waals surface area contributed by atoms with Gasteiger partial charge in [-0.1, -0.05) is 71.6 Å². The van der Waals surface area contributed by atoms with Crippen LogP contribution in [-0.2, 0) is 37.3 Å². The second-order valence-electron chi connectivity index (χ2n) is 12.6.